The van der Waals surface area contributed by atoms with Gasteiger partial charge in [0, 0.05) is 52.0 Å². The lowest BCUT2D eigenvalue weighted by molar-refractivity contribution is -0.135. The minimum absolute atomic E-state index is 0.0447. The van der Waals surface area contributed by atoms with Crippen LogP contribution in [0.4, 0.5) is 0 Å². The van der Waals surface area contributed by atoms with Crippen LogP contribution in [0.3, 0.4) is 0 Å². The molecule has 9 nitrogen and oxygen atoms in total. The Morgan fingerprint density at radius 3 is 2.89 bits per heavy atom. The molecular formula is C19H22N6O3. The van der Waals surface area contributed by atoms with Gasteiger partial charge in [-0.05, 0) is 12.1 Å². The minimum Gasteiger partial charge on any atom is -0.336 e. The van der Waals surface area contributed by atoms with E-state index < -0.39 is 11.2 Å². The first kappa shape index (κ1) is 18.2. The highest BCUT2D eigenvalue weighted by Gasteiger charge is 2.30. The molecule has 1 aliphatic rings. The number of hydrogen-bond donors (Lipinski definition) is 2. The highest BCUT2D eigenvalue weighted by molar-refractivity contribution is 5.79. The van der Waals surface area contributed by atoms with Crippen LogP contribution in [0.25, 0.3) is 10.9 Å². The number of rotatable bonds is 4. The van der Waals surface area contributed by atoms with E-state index in [0.717, 1.165) is 5.82 Å². The third kappa shape index (κ3) is 3.24. The Kier molecular flexibility index (Phi) is 4.82. The smallest absolute Gasteiger partial charge is 0.328 e. The first-order valence-corrected chi connectivity index (χ1v) is 9.25. The highest BCUT2D eigenvalue weighted by atomic mass is 16.2. The number of benzene rings is 1. The maximum atomic E-state index is 13.0. The van der Waals surface area contributed by atoms with Gasteiger partial charge in [-0.2, -0.15) is 0 Å². The molecule has 9 heteroatoms. The number of H-pyrrole nitrogens is 1. The molecule has 3 aromatic rings. The van der Waals surface area contributed by atoms with Gasteiger partial charge in [-0.3, -0.25) is 19.1 Å². The van der Waals surface area contributed by atoms with Gasteiger partial charge in [0.1, 0.15) is 11.9 Å². The summed E-state index contributed by atoms with van der Waals surface area (Å²) >= 11 is 0. The number of aromatic nitrogens is 4. The second kappa shape index (κ2) is 7.43. The second-order valence-electron chi connectivity index (χ2n) is 6.88. The van der Waals surface area contributed by atoms with Crippen molar-refractivity contribution in [3.05, 3.63) is 63.3 Å². The summed E-state index contributed by atoms with van der Waals surface area (Å²) < 4.78 is 3.37. The summed E-state index contributed by atoms with van der Waals surface area (Å²) in [5.74, 6) is 0.781. The quantitative estimate of drug-likeness (QED) is 0.660. The third-order valence-corrected chi connectivity index (χ3v) is 5.17. The molecule has 0 spiro atoms. The lowest BCUT2D eigenvalue weighted by Crippen LogP contribution is -2.49. The van der Waals surface area contributed by atoms with Crippen LogP contribution >= 0.6 is 0 Å². The van der Waals surface area contributed by atoms with E-state index >= 15 is 0 Å². The zero-order valence-electron chi connectivity index (χ0n) is 15.6. The van der Waals surface area contributed by atoms with Gasteiger partial charge in [0.25, 0.3) is 5.56 Å². The Morgan fingerprint density at radius 1 is 1.29 bits per heavy atom. The van der Waals surface area contributed by atoms with Crippen LogP contribution in [-0.2, 0) is 18.4 Å². The molecule has 1 saturated heterocycles. The Balaban J connectivity index is 1.58. The predicted molar refractivity (Wildman–Crippen MR) is 104 cm³/mol. The van der Waals surface area contributed by atoms with Crippen LogP contribution in [0.1, 0.15) is 18.3 Å². The van der Waals surface area contributed by atoms with E-state index in [1.807, 2.05) is 22.7 Å². The Bertz CT molecular complexity index is 1130. The molecule has 1 atom stereocenters. The zero-order chi connectivity index (χ0) is 19.7. The number of carbonyl (C=O) groups excluding carboxylic acids is 1. The molecule has 0 bridgehead atoms. The van der Waals surface area contributed by atoms with Crippen molar-refractivity contribution >= 4 is 16.8 Å². The van der Waals surface area contributed by atoms with Crippen LogP contribution in [0.5, 0.6) is 0 Å². The molecule has 2 aromatic heterocycles. The average molecular weight is 382 g/mol. The second-order valence-corrected chi connectivity index (χ2v) is 6.88. The normalized spacial score (nSPS) is 17.2. The van der Waals surface area contributed by atoms with E-state index in [9.17, 15) is 14.4 Å². The fraction of sp³-hybridized carbons (Fsp3) is 0.368. The molecule has 0 aliphatic carbocycles. The number of nitrogens with one attached hydrogen (secondary N) is 2. The van der Waals surface area contributed by atoms with Crippen molar-refractivity contribution in [3.8, 4) is 0 Å². The minimum atomic E-state index is -0.502. The fourth-order valence-corrected chi connectivity index (χ4v) is 3.75. The van der Waals surface area contributed by atoms with Crippen LogP contribution in [0.15, 0.2) is 46.2 Å². The van der Waals surface area contributed by atoms with E-state index in [-0.39, 0.29) is 24.9 Å². The number of aryl methyl sites for hydroxylation is 2. The molecule has 0 radical (unpaired) electrons. The summed E-state index contributed by atoms with van der Waals surface area (Å²) in [5, 5.41) is 3.74. The van der Waals surface area contributed by atoms with Gasteiger partial charge >= 0.3 is 5.69 Å². The molecule has 1 amide bonds. The standard InChI is InChI=1S/C19H22N6O3/c1-23-10-8-21-17(23)15-12-20-7-11-24(15)16(26)6-9-25-14-5-3-2-4-13(14)18(27)22-19(25)28/h2-5,8,10,15,20H,6-7,9,11-12H2,1H3,(H,22,27,28). The van der Waals surface area contributed by atoms with Gasteiger partial charge in [-0.15, -0.1) is 0 Å². The summed E-state index contributed by atoms with van der Waals surface area (Å²) in [6, 6.07) is 6.75. The lowest BCUT2D eigenvalue weighted by atomic mass is 10.1. The Labute approximate surface area is 160 Å². The van der Waals surface area contributed by atoms with Crippen LogP contribution in [0, 0.1) is 0 Å². The number of piperazine rings is 1. The van der Waals surface area contributed by atoms with Crippen molar-refractivity contribution in [2.24, 2.45) is 7.05 Å². The molecule has 146 valence electrons. The molecule has 4 rings (SSSR count). The first-order chi connectivity index (χ1) is 13.6. The average Bonchev–Trinajstić information content (AvgIpc) is 3.13. The summed E-state index contributed by atoms with van der Waals surface area (Å²) in [6.45, 7) is 2.14. The SMILES string of the molecule is Cn1ccnc1C1CNCCN1C(=O)CCn1c(=O)[nH]c(=O)c2ccccc21. The number of imidazole rings is 1. The number of nitrogens with zero attached hydrogens (tertiary/aromatic N) is 4. The van der Waals surface area contributed by atoms with E-state index in [1.165, 1.54) is 4.57 Å². The largest absolute Gasteiger partial charge is 0.336 e. The van der Waals surface area contributed by atoms with Gasteiger partial charge in [-0.25, -0.2) is 9.78 Å². The molecule has 2 N–H and O–H groups in total. The topological polar surface area (TPSA) is 105 Å². The summed E-state index contributed by atoms with van der Waals surface area (Å²) in [5.41, 5.74) is -0.386. The first-order valence-electron chi connectivity index (χ1n) is 9.25. The molecule has 1 fully saturated rings. The van der Waals surface area contributed by atoms with E-state index in [0.29, 0.717) is 30.5 Å². The van der Waals surface area contributed by atoms with Crippen molar-refractivity contribution in [1.82, 2.24) is 29.3 Å². The van der Waals surface area contributed by atoms with Gasteiger partial charge < -0.3 is 14.8 Å². The molecule has 1 aromatic carbocycles. The van der Waals surface area contributed by atoms with E-state index in [2.05, 4.69) is 15.3 Å². The zero-order valence-corrected chi connectivity index (χ0v) is 15.6. The van der Waals surface area contributed by atoms with Crippen molar-refractivity contribution in [2.45, 2.75) is 19.0 Å². The molecule has 0 saturated carbocycles. The van der Waals surface area contributed by atoms with Crippen molar-refractivity contribution in [1.29, 1.82) is 0 Å². The summed E-state index contributed by atoms with van der Waals surface area (Å²) in [6.07, 6.45) is 3.74. The van der Waals surface area contributed by atoms with Crippen LogP contribution in [-0.4, -0.2) is 49.5 Å². The number of aromatic amines is 1. The van der Waals surface area contributed by atoms with Crippen molar-refractivity contribution in [3.63, 3.8) is 0 Å². The fourth-order valence-electron chi connectivity index (χ4n) is 3.75. The van der Waals surface area contributed by atoms with Gasteiger partial charge in [0.2, 0.25) is 5.91 Å². The molecule has 1 unspecified atom stereocenters. The van der Waals surface area contributed by atoms with Crippen molar-refractivity contribution < 1.29 is 4.79 Å². The Morgan fingerprint density at radius 2 is 2.11 bits per heavy atom. The van der Waals surface area contributed by atoms with E-state index in [4.69, 9.17) is 0 Å². The molecular weight excluding hydrogens is 360 g/mol. The Hall–Kier alpha value is -3.20. The maximum absolute atomic E-state index is 13.0. The predicted octanol–water partition coefficient (Wildman–Crippen LogP) is -0.0135. The number of hydrogen-bond acceptors (Lipinski definition) is 5. The number of amides is 1. The molecule has 1 aliphatic heterocycles. The number of fused-ring (bicyclic) bond motifs is 1. The molecule has 28 heavy (non-hydrogen) atoms. The monoisotopic (exact) mass is 382 g/mol. The van der Waals surface area contributed by atoms with E-state index in [1.54, 1.807) is 30.5 Å². The summed E-state index contributed by atoms with van der Waals surface area (Å²) in [4.78, 5) is 45.8. The van der Waals surface area contributed by atoms with Gasteiger partial charge in [0.05, 0.1) is 10.9 Å². The number of para-hydroxylation sites is 1. The van der Waals surface area contributed by atoms with Gasteiger partial charge in [0.15, 0.2) is 0 Å². The van der Waals surface area contributed by atoms with Crippen molar-refractivity contribution in [2.75, 3.05) is 19.6 Å². The molecule has 3 heterocycles. The third-order valence-electron chi connectivity index (χ3n) is 5.17. The highest BCUT2D eigenvalue weighted by Crippen LogP contribution is 2.21. The van der Waals surface area contributed by atoms with Crippen LogP contribution in [0.2, 0.25) is 0 Å². The summed E-state index contributed by atoms with van der Waals surface area (Å²) in [7, 11) is 1.91. The number of carbonyl (C=O) groups is 1. The van der Waals surface area contributed by atoms with Gasteiger partial charge in [-0.1, -0.05) is 12.1 Å². The lowest BCUT2D eigenvalue weighted by Gasteiger charge is -2.36. The van der Waals surface area contributed by atoms with Crippen LogP contribution < -0.4 is 16.6 Å². The maximum Gasteiger partial charge on any atom is 0.328 e.